The van der Waals surface area contributed by atoms with Crippen LogP contribution in [-0.2, 0) is 22.7 Å². The molecule has 0 fully saturated rings. The van der Waals surface area contributed by atoms with Crippen LogP contribution < -0.4 is 29.2 Å². The average molecular weight is 713 g/mol. The van der Waals surface area contributed by atoms with E-state index >= 15 is 0 Å². The van der Waals surface area contributed by atoms with Gasteiger partial charge in [0.2, 0.25) is 23.2 Å². The summed E-state index contributed by atoms with van der Waals surface area (Å²) in [5.74, 6) is 3.44. The molecule has 8 nitrogen and oxygen atoms in total. The minimum Gasteiger partial charge on any atom is -0.496 e. The van der Waals surface area contributed by atoms with E-state index in [0.717, 1.165) is 71.5 Å². The maximum atomic E-state index is 12.4. The molecule has 0 atom stereocenters. The topological polar surface area (TPSA) is 84.4 Å². The van der Waals surface area contributed by atoms with E-state index in [9.17, 15) is 9.59 Å². The summed E-state index contributed by atoms with van der Waals surface area (Å²) in [7, 11) is 6.77. The number of carbonyl (C=O) groups excluding carboxylic acids is 2. The Hall–Kier alpha value is -4.54. The minimum absolute atomic E-state index is 0.0683. The van der Waals surface area contributed by atoms with Crippen molar-refractivity contribution in [3.05, 3.63) is 120 Å². The van der Waals surface area contributed by atoms with Crippen LogP contribution in [-0.4, -0.2) is 50.6 Å². The summed E-state index contributed by atoms with van der Waals surface area (Å²) in [6.45, 7) is 2.76. The second-order valence-corrected chi connectivity index (χ2v) is 14.0. The lowest BCUT2D eigenvalue weighted by Crippen LogP contribution is -2.37. The molecule has 4 rings (SSSR count). The van der Waals surface area contributed by atoms with Crippen LogP contribution >= 0.6 is 21.6 Å². The fraction of sp³-hybridized carbons (Fsp3) is 0.300. The first-order chi connectivity index (χ1) is 24.6. The number of aromatic nitrogens is 2. The van der Waals surface area contributed by atoms with Crippen molar-refractivity contribution in [1.29, 1.82) is 0 Å². The highest BCUT2D eigenvalue weighted by Crippen LogP contribution is 2.21. The Morgan fingerprint density at radius 1 is 0.600 bits per heavy atom. The molecule has 262 valence electrons. The number of hydrogen-bond donors (Lipinski definition) is 2. The first kappa shape index (κ1) is 38.3. The van der Waals surface area contributed by atoms with Crippen LogP contribution in [0.2, 0.25) is 0 Å². The summed E-state index contributed by atoms with van der Waals surface area (Å²) in [5.41, 5.74) is 4.17. The Labute approximate surface area is 304 Å². The third kappa shape index (κ3) is 13.4. The van der Waals surface area contributed by atoms with E-state index in [1.54, 1.807) is 35.8 Å². The van der Waals surface area contributed by atoms with Gasteiger partial charge in [-0.1, -0.05) is 58.0 Å². The van der Waals surface area contributed by atoms with E-state index in [4.69, 9.17) is 9.47 Å². The lowest BCUT2D eigenvalue weighted by atomic mass is 10.1. The molecule has 0 saturated heterocycles. The molecule has 50 heavy (non-hydrogen) atoms. The van der Waals surface area contributed by atoms with Gasteiger partial charge < -0.3 is 20.1 Å². The second kappa shape index (κ2) is 22.2. The van der Waals surface area contributed by atoms with Gasteiger partial charge in [0.05, 0.1) is 14.2 Å². The average Bonchev–Trinajstić information content (AvgIpc) is 3.15. The van der Waals surface area contributed by atoms with Gasteiger partial charge in [-0.15, -0.1) is 0 Å². The summed E-state index contributed by atoms with van der Waals surface area (Å²) in [4.78, 5) is 24.8. The molecule has 2 aromatic carbocycles. The molecule has 2 heterocycles. The van der Waals surface area contributed by atoms with Crippen molar-refractivity contribution in [2.75, 3.05) is 38.8 Å². The van der Waals surface area contributed by atoms with Gasteiger partial charge in [-0.25, -0.2) is 0 Å². The van der Waals surface area contributed by atoms with Crippen LogP contribution in [0.3, 0.4) is 0 Å². The van der Waals surface area contributed by atoms with Gasteiger partial charge in [0.15, 0.2) is 12.4 Å². The van der Waals surface area contributed by atoms with Gasteiger partial charge in [0, 0.05) is 97.8 Å². The number of nitrogens with one attached hydrogen (secondary N) is 2. The van der Waals surface area contributed by atoms with Crippen LogP contribution in [0.25, 0.3) is 24.3 Å². The number of para-hydroxylation sites is 2. The molecule has 2 aromatic heterocycles. The molecule has 0 aliphatic rings. The first-order valence-electron chi connectivity index (χ1n) is 16.9. The molecule has 0 radical (unpaired) electrons. The van der Waals surface area contributed by atoms with E-state index < -0.39 is 0 Å². The zero-order valence-corrected chi connectivity index (χ0v) is 30.6. The Bertz CT molecular complexity index is 1590. The number of carbonyl (C=O) groups is 2. The molecule has 0 aliphatic heterocycles. The molecule has 0 spiro atoms. The predicted molar refractivity (Wildman–Crippen MR) is 207 cm³/mol. The highest BCUT2D eigenvalue weighted by Gasteiger charge is 2.11. The Morgan fingerprint density at radius 3 is 1.46 bits per heavy atom. The fourth-order valence-electron chi connectivity index (χ4n) is 5.23. The van der Waals surface area contributed by atoms with Crippen molar-refractivity contribution >= 4 is 57.7 Å². The molecular weight excluding hydrogens is 665 g/mol. The SMILES string of the molecule is COc1ccccc1/C=C/c1cccc[n+]1CCCC(=O)NCCSSCCNC(=O)CCC[n+]1ccccc1/C=C/c1ccccc1OC. The van der Waals surface area contributed by atoms with E-state index in [1.807, 2.05) is 97.3 Å². The number of rotatable bonds is 21. The fourth-order valence-corrected chi connectivity index (χ4v) is 7.04. The second-order valence-electron chi connectivity index (χ2n) is 11.3. The van der Waals surface area contributed by atoms with Crippen molar-refractivity contribution < 1.29 is 28.2 Å². The number of hydrogen-bond acceptors (Lipinski definition) is 6. The predicted octanol–water partition coefficient (Wildman–Crippen LogP) is 6.49. The Balaban J connectivity index is 1.03. The number of nitrogens with zero attached hydrogens (tertiary/aromatic N) is 2. The number of aryl methyl sites for hydroxylation is 2. The molecule has 0 bridgehead atoms. The van der Waals surface area contributed by atoms with Crippen molar-refractivity contribution in [1.82, 2.24) is 10.6 Å². The van der Waals surface area contributed by atoms with Gasteiger partial charge >= 0.3 is 0 Å². The standard InChI is InChI=1S/C40H46N4O4S2/c1-47-37-17-5-3-13-33(37)21-23-35-15-7-9-27-43(35)29-11-19-39(45)41-25-31-49-50-32-26-42-40(46)20-12-30-44-28-10-8-16-36(44)24-22-34-14-4-6-18-38(34)48-2/h3-10,13-18,21-24,27-28H,11-12,19-20,25-26,29-32H2,1-2H3/p+2/b23-21+,24-22+. The minimum atomic E-state index is 0.0683. The van der Waals surface area contributed by atoms with Crippen molar-refractivity contribution in [2.45, 2.75) is 38.8 Å². The van der Waals surface area contributed by atoms with E-state index in [-0.39, 0.29) is 11.8 Å². The van der Waals surface area contributed by atoms with Gasteiger partial charge in [0.25, 0.3) is 0 Å². The molecule has 0 saturated carbocycles. The molecule has 0 aliphatic carbocycles. The van der Waals surface area contributed by atoms with E-state index in [2.05, 4.69) is 44.1 Å². The Kier molecular flexibility index (Phi) is 17.0. The van der Waals surface area contributed by atoms with E-state index in [1.165, 1.54) is 0 Å². The highest BCUT2D eigenvalue weighted by molar-refractivity contribution is 8.76. The van der Waals surface area contributed by atoms with Gasteiger partial charge in [-0.2, -0.15) is 9.13 Å². The quantitative estimate of drug-likeness (QED) is 0.0584. The van der Waals surface area contributed by atoms with Crippen LogP contribution in [0.1, 0.15) is 48.2 Å². The number of pyridine rings is 2. The summed E-state index contributed by atoms with van der Waals surface area (Å²) in [6.07, 6.45) is 14.8. The summed E-state index contributed by atoms with van der Waals surface area (Å²) >= 11 is 0. The maximum Gasteiger partial charge on any atom is 0.220 e. The van der Waals surface area contributed by atoms with Crippen LogP contribution in [0.4, 0.5) is 0 Å². The number of benzene rings is 2. The van der Waals surface area contributed by atoms with Gasteiger partial charge in [-0.3, -0.25) is 9.59 Å². The Morgan fingerprint density at radius 2 is 1.02 bits per heavy atom. The largest absolute Gasteiger partial charge is 0.496 e. The molecule has 4 aromatic rings. The molecule has 10 heteroatoms. The monoisotopic (exact) mass is 712 g/mol. The third-order valence-electron chi connectivity index (χ3n) is 7.80. The number of methoxy groups -OCH3 is 2. The third-order valence-corrected chi connectivity index (χ3v) is 10.2. The maximum absolute atomic E-state index is 12.4. The highest BCUT2D eigenvalue weighted by atomic mass is 33.1. The molecular formula is C40H48N4O4S2+2. The van der Waals surface area contributed by atoms with Crippen molar-refractivity contribution in [2.24, 2.45) is 0 Å². The smallest absolute Gasteiger partial charge is 0.220 e. The van der Waals surface area contributed by atoms with E-state index in [0.29, 0.717) is 25.9 Å². The summed E-state index contributed by atoms with van der Waals surface area (Å²) in [5, 5.41) is 6.04. The van der Waals surface area contributed by atoms with Gasteiger partial charge in [-0.05, 0) is 36.4 Å². The molecule has 0 unspecified atom stereocenters. The zero-order chi connectivity index (χ0) is 35.2. The summed E-state index contributed by atoms with van der Waals surface area (Å²) in [6, 6.07) is 28.0. The van der Waals surface area contributed by atoms with Gasteiger partial charge in [0.1, 0.15) is 24.6 Å². The van der Waals surface area contributed by atoms with Crippen molar-refractivity contribution in [3.63, 3.8) is 0 Å². The number of amides is 2. The van der Waals surface area contributed by atoms with Crippen LogP contribution in [0.5, 0.6) is 11.5 Å². The molecule has 2 amide bonds. The zero-order valence-electron chi connectivity index (χ0n) is 29.0. The van der Waals surface area contributed by atoms with Crippen LogP contribution in [0, 0.1) is 0 Å². The molecule has 2 N–H and O–H groups in total. The summed E-state index contributed by atoms with van der Waals surface area (Å²) < 4.78 is 15.2. The normalized spacial score (nSPS) is 11.2. The number of ether oxygens (including phenoxy) is 2. The lowest BCUT2D eigenvalue weighted by Gasteiger charge is -2.06. The van der Waals surface area contributed by atoms with Crippen molar-refractivity contribution in [3.8, 4) is 11.5 Å². The lowest BCUT2D eigenvalue weighted by molar-refractivity contribution is -0.699. The van der Waals surface area contributed by atoms with Crippen LogP contribution in [0.15, 0.2) is 97.3 Å². The first-order valence-corrected chi connectivity index (χ1v) is 19.4.